The Balaban J connectivity index is 3.04. The highest BCUT2D eigenvalue weighted by Crippen LogP contribution is 2.13. The first-order valence-corrected chi connectivity index (χ1v) is 6.35. The van der Waals surface area contributed by atoms with Crippen molar-refractivity contribution in [3.63, 3.8) is 0 Å². The van der Waals surface area contributed by atoms with Crippen LogP contribution in [0.3, 0.4) is 0 Å². The summed E-state index contributed by atoms with van der Waals surface area (Å²) in [5, 5.41) is 11.1. The summed E-state index contributed by atoms with van der Waals surface area (Å²) in [6, 6.07) is 3.70. The summed E-state index contributed by atoms with van der Waals surface area (Å²) >= 11 is 0. The number of amides is 2. The Morgan fingerprint density at radius 3 is 2.76 bits per heavy atom. The van der Waals surface area contributed by atoms with Crippen LogP contribution in [-0.2, 0) is 4.79 Å². The Labute approximate surface area is 122 Å². The third-order valence-electron chi connectivity index (χ3n) is 2.68. The number of likely N-dealkylation sites (N-methyl/N-ethyl adjacent to an activating group) is 2. The van der Waals surface area contributed by atoms with E-state index in [1.807, 2.05) is 0 Å². The predicted molar refractivity (Wildman–Crippen MR) is 76.0 cm³/mol. The Bertz CT molecular complexity index is 590. The third-order valence-corrected chi connectivity index (χ3v) is 2.68. The highest BCUT2D eigenvalue weighted by atomic mass is 19.1. The molecule has 0 saturated heterocycles. The van der Waals surface area contributed by atoms with E-state index in [9.17, 15) is 14.0 Å². The molecule has 0 aromatic heterocycles. The van der Waals surface area contributed by atoms with Gasteiger partial charge in [-0.2, -0.15) is 0 Å². The maximum absolute atomic E-state index is 13.3. The Morgan fingerprint density at radius 2 is 2.14 bits per heavy atom. The lowest BCUT2D eigenvalue weighted by Gasteiger charge is -2.17. The van der Waals surface area contributed by atoms with Crippen molar-refractivity contribution < 1.29 is 19.1 Å². The molecule has 0 aliphatic rings. The van der Waals surface area contributed by atoms with E-state index in [0.717, 1.165) is 6.07 Å². The zero-order chi connectivity index (χ0) is 15.8. The molecule has 0 spiro atoms. The molecule has 0 saturated carbocycles. The highest BCUT2D eigenvalue weighted by molar-refractivity contribution is 5.98. The quantitative estimate of drug-likeness (QED) is 0.788. The van der Waals surface area contributed by atoms with Crippen molar-refractivity contribution in [2.45, 2.75) is 6.42 Å². The summed E-state index contributed by atoms with van der Waals surface area (Å²) in [5.41, 5.74) is 0.449. The summed E-state index contributed by atoms with van der Waals surface area (Å²) in [7, 11) is 2.92. The maximum Gasteiger partial charge on any atom is 0.255 e. The number of aliphatic hydroxyl groups excluding tert-OH is 1. The fourth-order valence-electron chi connectivity index (χ4n) is 1.59. The minimum atomic E-state index is -0.556. The van der Waals surface area contributed by atoms with Gasteiger partial charge < -0.3 is 15.3 Å². The van der Waals surface area contributed by atoms with Gasteiger partial charge in [-0.05, 0) is 18.2 Å². The lowest BCUT2D eigenvalue weighted by atomic mass is 10.1. The van der Waals surface area contributed by atoms with Crippen molar-refractivity contribution in [2.75, 3.05) is 27.2 Å². The summed E-state index contributed by atoms with van der Waals surface area (Å²) in [6.45, 7) is -0.219. The molecule has 0 heterocycles. The monoisotopic (exact) mass is 292 g/mol. The third kappa shape index (κ3) is 4.89. The van der Waals surface area contributed by atoms with Crippen LogP contribution >= 0.6 is 0 Å². The lowest BCUT2D eigenvalue weighted by molar-refractivity contribution is -0.121. The normalized spacial score (nSPS) is 9.52. The molecule has 112 valence electrons. The number of halogens is 1. The molecule has 21 heavy (non-hydrogen) atoms. The van der Waals surface area contributed by atoms with Gasteiger partial charge in [0.25, 0.3) is 5.91 Å². The Morgan fingerprint density at radius 1 is 1.43 bits per heavy atom. The van der Waals surface area contributed by atoms with E-state index in [1.54, 1.807) is 0 Å². The molecule has 0 atom stereocenters. The Hall–Kier alpha value is -2.39. The van der Waals surface area contributed by atoms with Crippen LogP contribution in [0.4, 0.5) is 4.39 Å². The smallest absolute Gasteiger partial charge is 0.255 e. The molecule has 0 radical (unpaired) electrons. The molecule has 0 aliphatic carbocycles. The molecule has 2 N–H and O–H groups in total. The molecule has 2 amide bonds. The molecule has 0 aliphatic heterocycles. The molecule has 1 aromatic carbocycles. The first-order chi connectivity index (χ1) is 9.99. The van der Waals surface area contributed by atoms with Gasteiger partial charge in [0.1, 0.15) is 5.82 Å². The fourth-order valence-corrected chi connectivity index (χ4v) is 1.59. The molecule has 0 unspecified atom stereocenters. The van der Waals surface area contributed by atoms with Crippen molar-refractivity contribution in [1.82, 2.24) is 10.2 Å². The molecular formula is C15H17FN2O3. The average Bonchev–Trinajstić information content (AvgIpc) is 2.47. The zero-order valence-electron chi connectivity index (χ0n) is 11.9. The molecule has 1 aromatic rings. The first kappa shape index (κ1) is 16.7. The van der Waals surface area contributed by atoms with Gasteiger partial charge >= 0.3 is 0 Å². The van der Waals surface area contributed by atoms with Gasteiger partial charge in [0.05, 0.1) is 18.7 Å². The predicted octanol–water partition coefficient (Wildman–Crippen LogP) is 0.378. The number of hydrogen-bond acceptors (Lipinski definition) is 3. The van der Waals surface area contributed by atoms with E-state index >= 15 is 0 Å². The number of nitrogens with one attached hydrogen (secondary N) is 1. The van der Waals surface area contributed by atoms with E-state index in [1.165, 1.54) is 31.1 Å². The molecule has 5 nitrogen and oxygen atoms in total. The largest absolute Gasteiger partial charge is 0.395 e. The second-order valence-electron chi connectivity index (χ2n) is 4.30. The molecule has 6 heteroatoms. The number of nitrogens with zero attached hydrogens (tertiary/aromatic N) is 1. The van der Waals surface area contributed by atoms with Crippen LogP contribution in [0.2, 0.25) is 0 Å². The molecule has 0 bridgehead atoms. The van der Waals surface area contributed by atoms with Crippen molar-refractivity contribution in [2.24, 2.45) is 0 Å². The second kappa shape index (κ2) is 8.02. The van der Waals surface area contributed by atoms with Crippen LogP contribution in [-0.4, -0.2) is 49.1 Å². The first-order valence-electron chi connectivity index (χ1n) is 6.35. The zero-order valence-corrected chi connectivity index (χ0v) is 11.9. The van der Waals surface area contributed by atoms with Gasteiger partial charge in [0.2, 0.25) is 5.91 Å². The SMILES string of the molecule is CNC(=O)CN(C)C(=O)c1cc(F)ccc1C#CCCO. The molecule has 1 rings (SSSR count). The summed E-state index contributed by atoms with van der Waals surface area (Å²) in [4.78, 5) is 24.7. The van der Waals surface area contributed by atoms with Crippen molar-refractivity contribution in [3.05, 3.63) is 35.1 Å². The van der Waals surface area contributed by atoms with Gasteiger partial charge in [-0.25, -0.2) is 4.39 Å². The topological polar surface area (TPSA) is 69.6 Å². The van der Waals surface area contributed by atoms with Crippen LogP contribution < -0.4 is 5.32 Å². The highest BCUT2D eigenvalue weighted by Gasteiger charge is 2.17. The minimum Gasteiger partial charge on any atom is -0.395 e. The van der Waals surface area contributed by atoms with Crippen LogP contribution in [0.1, 0.15) is 22.3 Å². The van der Waals surface area contributed by atoms with Gasteiger partial charge in [-0.15, -0.1) is 0 Å². The average molecular weight is 292 g/mol. The number of carbonyl (C=O) groups excluding carboxylic acids is 2. The van der Waals surface area contributed by atoms with Gasteiger partial charge in [0, 0.05) is 26.1 Å². The number of aliphatic hydroxyl groups is 1. The number of carbonyl (C=O) groups is 2. The van der Waals surface area contributed by atoms with Crippen LogP contribution in [0, 0.1) is 17.7 Å². The van der Waals surface area contributed by atoms with E-state index in [-0.39, 0.29) is 31.0 Å². The minimum absolute atomic E-state index is 0.0892. The summed E-state index contributed by atoms with van der Waals surface area (Å²) < 4.78 is 13.3. The molecule has 0 fully saturated rings. The fraction of sp³-hybridized carbons (Fsp3) is 0.333. The second-order valence-corrected chi connectivity index (χ2v) is 4.30. The van der Waals surface area contributed by atoms with Gasteiger partial charge in [0.15, 0.2) is 0 Å². The van der Waals surface area contributed by atoms with E-state index in [0.29, 0.717) is 5.56 Å². The Kier molecular flexibility index (Phi) is 6.37. The maximum atomic E-state index is 13.3. The van der Waals surface area contributed by atoms with Crippen LogP contribution in [0.15, 0.2) is 18.2 Å². The van der Waals surface area contributed by atoms with Crippen LogP contribution in [0.5, 0.6) is 0 Å². The van der Waals surface area contributed by atoms with Crippen molar-refractivity contribution >= 4 is 11.8 Å². The van der Waals surface area contributed by atoms with Gasteiger partial charge in [-0.1, -0.05) is 11.8 Å². The van der Waals surface area contributed by atoms with E-state index in [4.69, 9.17) is 5.11 Å². The standard InChI is InChI=1S/C15H17FN2O3/c1-17-14(20)10-18(2)15(21)13-9-12(16)7-6-11(13)5-3-4-8-19/h6-7,9,19H,4,8,10H2,1-2H3,(H,17,20). The van der Waals surface area contributed by atoms with E-state index < -0.39 is 11.7 Å². The number of rotatable bonds is 4. The lowest BCUT2D eigenvalue weighted by Crippen LogP contribution is -2.37. The van der Waals surface area contributed by atoms with Crippen molar-refractivity contribution in [3.8, 4) is 11.8 Å². The number of benzene rings is 1. The number of hydrogen-bond donors (Lipinski definition) is 2. The van der Waals surface area contributed by atoms with Crippen LogP contribution in [0.25, 0.3) is 0 Å². The van der Waals surface area contributed by atoms with Gasteiger partial charge in [-0.3, -0.25) is 9.59 Å². The summed E-state index contributed by atoms with van der Waals surface area (Å²) in [6.07, 6.45) is 0.263. The summed E-state index contributed by atoms with van der Waals surface area (Å²) in [5.74, 6) is 4.03. The molecular weight excluding hydrogens is 275 g/mol. The van der Waals surface area contributed by atoms with E-state index in [2.05, 4.69) is 17.2 Å². The van der Waals surface area contributed by atoms with Crippen molar-refractivity contribution in [1.29, 1.82) is 0 Å².